The molecule has 0 aliphatic rings. The van der Waals surface area contributed by atoms with E-state index in [-0.39, 0.29) is 5.91 Å². The zero-order chi connectivity index (χ0) is 15.1. The summed E-state index contributed by atoms with van der Waals surface area (Å²) >= 11 is 6.00. The number of nitrogens with one attached hydrogen (secondary N) is 2. The predicted molar refractivity (Wildman–Crippen MR) is 82.6 cm³/mol. The van der Waals surface area contributed by atoms with Crippen LogP contribution in [0.15, 0.2) is 31.0 Å². The van der Waals surface area contributed by atoms with Crippen molar-refractivity contribution in [2.75, 3.05) is 18.9 Å². The lowest BCUT2D eigenvalue weighted by atomic mass is 10.2. The van der Waals surface area contributed by atoms with Gasteiger partial charge >= 0.3 is 0 Å². The number of halogens is 1. The molecule has 0 aromatic carbocycles. The Morgan fingerprint density at radius 1 is 1.43 bits per heavy atom. The van der Waals surface area contributed by atoms with Gasteiger partial charge in [-0.3, -0.25) is 4.79 Å². The molecule has 0 aliphatic carbocycles. The average molecular weight is 308 g/mol. The summed E-state index contributed by atoms with van der Waals surface area (Å²) < 4.78 is 2.02. The quantitative estimate of drug-likeness (QED) is 0.769. The molecule has 2 aromatic rings. The van der Waals surface area contributed by atoms with Crippen molar-refractivity contribution in [3.05, 3.63) is 41.6 Å². The molecule has 21 heavy (non-hydrogen) atoms. The molecule has 0 atom stereocenters. The van der Waals surface area contributed by atoms with Crippen LogP contribution < -0.4 is 10.6 Å². The molecule has 2 rings (SSSR count). The minimum Gasteiger partial charge on any atom is -0.372 e. The van der Waals surface area contributed by atoms with Crippen molar-refractivity contribution in [3.8, 4) is 0 Å². The van der Waals surface area contributed by atoms with Crippen molar-refractivity contribution < 1.29 is 4.79 Å². The number of aromatic nitrogens is 3. The van der Waals surface area contributed by atoms with Gasteiger partial charge in [0.15, 0.2) is 0 Å². The van der Waals surface area contributed by atoms with Gasteiger partial charge in [0.1, 0.15) is 5.82 Å². The molecular weight excluding hydrogens is 290 g/mol. The molecule has 0 radical (unpaired) electrons. The Morgan fingerprint density at radius 3 is 2.95 bits per heavy atom. The molecule has 2 heterocycles. The number of unbranched alkanes of at least 4 members (excludes halogenated alkanes) is 1. The fourth-order valence-corrected chi connectivity index (χ4v) is 2.15. The van der Waals surface area contributed by atoms with E-state index < -0.39 is 0 Å². The molecule has 6 nitrogen and oxygen atoms in total. The Bertz CT molecular complexity index is 585. The maximum atomic E-state index is 11.9. The molecule has 0 saturated heterocycles. The topological polar surface area (TPSA) is 71.8 Å². The lowest BCUT2D eigenvalue weighted by Crippen LogP contribution is -2.24. The fraction of sp³-hybridized carbons (Fsp3) is 0.357. The molecule has 1 amide bonds. The Morgan fingerprint density at radius 2 is 2.29 bits per heavy atom. The van der Waals surface area contributed by atoms with Crippen LogP contribution in [-0.2, 0) is 6.54 Å². The SMILES string of the molecule is CNc1ncc(C(=O)NCCCCn2ccnc2)cc1Cl. The van der Waals surface area contributed by atoms with E-state index >= 15 is 0 Å². The number of carbonyl (C=O) groups excluding carboxylic acids is 1. The monoisotopic (exact) mass is 307 g/mol. The van der Waals surface area contributed by atoms with Crippen LogP contribution >= 0.6 is 11.6 Å². The summed E-state index contributed by atoms with van der Waals surface area (Å²) in [5.41, 5.74) is 0.466. The van der Waals surface area contributed by atoms with Crippen molar-refractivity contribution in [3.63, 3.8) is 0 Å². The van der Waals surface area contributed by atoms with Crippen molar-refractivity contribution in [2.45, 2.75) is 19.4 Å². The number of pyridine rings is 1. The molecule has 0 aliphatic heterocycles. The Labute approximate surface area is 128 Å². The number of rotatable bonds is 7. The van der Waals surface area contributed by atoms with Gasteiger partial charge in [-0.2, -0.15) is 0 Å². The van der Waals surface area contributed by atoms with Gasteiger partial charge in [-0.15, -0.1) is 0 Å². The number of anilines is 1. The number of imidazole rings is 1. The Kier molecular flexibility index (Phi) is 5.57. The zero-order valence-electron chi connectivity index (χ0n) is 11.8. The predicted octanol–water partition coefficient (Wildman–Crippen LogP) is 2.18. The van der Waals surface area contributed by atoms with Gasteiger partial charge in [0, 0.05) is 38.7 Å². The normalized spacial score (nSPS) is 10.4. The summed E-state index contributed by atoms with van der Waals surface area (Å²) in [5, 5.41) is 6.15. The molecule has 2 aromatic heterocycles. The van der Waals surface area contributed by atoms with E-state index in [1.54, 1.807) is 25.6 Å². The first-order valence-electron chi connectivity index (χ1n) is 6.78. The van der Waals surface area contributed by atoms with Crippen molar-refractivity contribution in [1.29, 1.82) is 0 Å². The zero-order valence-corrected chi connectivity index (χ0v) is 12.6. The van der Waals surface area contributed by atoms with Gasteiger partial charge in [0.05, 0.1) is 16.9 Å². The van der Waals surface area contributed by atoms with Gasteiger partial charge in [0.2, 0.25) is 0 Å². The summed E-state index contributed by atoms with van der Waals surface area (Å²) in [5.74, 6) is 0.406. The van der Waals surface area contributed by atoms with Crippen LogP contribution in [0.25, 0.3) is 0 Å². The van der Waals surface area contributed by atoms with E-state index in [1.807, 2.05) is 10.8 Å². The third kappa shape index (κ3) is 4.46. The molecular formula is C14H18ClN5O. The number of hydrogen-bond acceptors (Lipinski definition) is 4. The maximum Gasteiger partial charge on any atom is 0.252 e. The first kappa shape index (κ1) is 15.3. The van der Waals surface area contributed by atoms with Crippen LogP contribution in [0.2, 0.25) is 5.02 Å². The van der Waals surface area contributed by atoms with Gasteiger partial charge < -0.3 is 15.2 Å². The van der Waals surface area contributed by atoms with E-state index in [0.717, 1.165) is 19.4 Å². The second-order valence-corrected chi connectivity index (χ2v) is 4.98. The second-order valence-electron chi connectivity index (χ2n) is 4.57. The first-order chi connectivity index (χ1) is 10.2. The first-order valence-corrected chi connectivity index (χ1v) is 7.15. The fourth-order valence-electron chi connectivity index (χ4n) is 1.89. The van der Waals surface area contributed by atoms with Gasteiger partial charge in [-0.25, -0.2) is 9.97 Å². The van der Waals surface area contributed by atoms with Gasteiger partial charge in [-0.05, 0) is 18.9 Å². The molecule has 112 valence electrons. The lowest BCUT2D eigenvalue weighted by Gasteiger charge is -2.07. The van der Waals surface area contributed by atoms with Gasteiger partial charge in [0.25, 0.3) is 5.91 Å². The van der Waals surface area contributed by atoms with E-state index in [1.165, 1.54) is 6.20 Å². The van der Waals surface area contributed by atoms with Gasteiger partial charge in [-0.1, -0.05) is 11.6 Å². The van der Waals surface area contributed by atoms with Crippen LogP contribution in [0, 0.1) is 0 Å². The van der Waals surface area contributed by atoms with Crippen LogP contribution in [0.3, 0.4) is 0 Å². The standard InChI is InChI=1S/C14H18ClN5O/c1-16-13-12(15)8-11(9-19-13)14(21)18-4-2-3-6-20-7-5-17-10-20/h5,7-10H,2-4,6H2,1H3,(H,16,19)(H,18,21). The highest BCUT2D eigenvalue weighted by Gasteiger charge is 2.08. The Hall–Kier alpha value is -2.08. The maximum absolute atomic E-state index is 11.9. The number of carbonyl (C=O) groups is 1. The molecule has 0 unspecified atom stereocenters. The highest BCUT2D eigenvalue weighted by atomic mass is 35.5. The third-order valence-electron chi connectivity index (χ3n) is 3.03. The molecule has 0 fully saturated rings. The molecule has 0 saturated carbocycles. The summed E-state index contributed by atoms with van der Waals surface area (Å²) in [6.45, 7) is 1.53. The van der Waals surface area contributed by atoms with E-state index in [0.29, 0.717) is 22.9 Å². The van der Waals surface area contributed by atoms with Crippen molar-refractivity contribution in [2.24, 2.45) is 0 Å². The Balaban J connectivity index is 1.73. The van der Waals surface area contributed by atoms with E-state index in [2.05, 4.69) is 20.6 Å². The summed E-state index contributed by atoms with van der Waals surface area (Å²) in [7, 11) is 1.73. The minimum absolute atomic E-state index is 0.158. The second kappa shape index (κ2) is 7.64. The van der Waals surface area contributed by atoms with Crippen LogP contribution in [0.4, 0.5) is 5.82 Å². The van der Waals surface area contributed by atoms with Crippen molar-refractivity contribution >= 4 is 23.3 Å². The third-order valence-corrected chi connectivity index (χ3v) is 3.32. The van der Waals surface area contributed by atoms with Crippen LogP contribution in [0.1, 0.15) is 23.2 Å². The number of hydrogen-bond donors (Lipinski definition) is 2. The van der Waals surface area contributed by atoms with Crippen LogP contribution in [0.5, 0.6) is 0 Å². The highest BCUT2D eigenvalue weighted by molar-refractivity contribution is 6.33. The van der Waals surface area contributed by atoms with E-state index in [4.69, 9.17) is 11.6 Å². The van der Waals surface area contributed by atoms with Crippen molar-refractivity contribution in [1.82, 2.24) is 19.9 Å². The number of nitrogens with zero attached hydrogens (tertiary/aromatic N) is 3. The summed E-state index contributed by atoms with van der Waals surface area (Å²) in [4.78, 5) is 20.0. The molecule has 7 heteroatoms. The minimum atomic E-state index is -0.158. The summed E-state index contributed by atoms with van der Waals surface area (Å²) in [6, 6.07) is 1.61. The molecule has 2 N–H and O–H groups in total. The smallest absolute Gasteiger partial charge is 0.252 e. The largest absolute Gasteiger partial charge is 0.372 e. The highest BCUT2D eigenvalue weighted by Crippen LogP contribution is 2.19. The lowest BCUT2D eigenvalue weighted by molar-refractivity contribution is 0.0952. The van der Waals surface area contributed by atoms with E-state index in [9.17, 15) is 4.79 Å². The average Bonchev–Trinajstić information content (AvgIpc) is 3.00. The summed E-state index contributed by atoms with van der Waals surface area (Å²) in [6.07, 6.45) is 8.87. The number of aryl methyl sites for hydroxylation is 1. The molecule has 0 spiro atoms. The molecule has 0 bridgehead atoms. The van der Waals surface area contributed by atoms with Crippen LogP contribution in [-0.4, -0.2) is 34.0 Å². The number of amides is 1.